The van der Waals surface area contributed by atoms with Crippen molar-refractivity contribution in [3.63, 3.8) is 0 Å². The van der Waals surface area contributed by atoms with Gasteiger partial charge in [0, 0.05) is 6.04 Å². The van der Waals surface area contributed by atoms with Gasteiger partial charge >= 0.3 is 0 Å². The van der Waals surface area contributed by atoms with Gasteiger partial charge in [0.05, 0.1) is 24.9 Å². The zero-order valence-corrected chi connectivity index (χ0v) is 12.1. The Morgan fingerprint density at radius 1 is 1.05 bits per heavy atom. The van der Waals surface area contributed by atoms with Crippen LogP contribution in [0.5, 0.6) is 0 Å². The highest BCUT2D eigenvalue weighted by molar-refractivity contribution is 4.92. The van der Waals surface area contributed by atoms with Crippen molar-refractivity contribution in [2.75, 3.05) is 6.61 Å². The van der Waals surface area contributed by atoms with Gasteiger partial charge in [0.25, 0.3) is 0 Å². The van der Waals surface area contributed by atoms with Gasteiger partial charge in [-0.25, -0.2) is 0 Å². The first-order valence-electron chi connectivity index (χ1n) is 7.25. The van der Waals surface area contributed by atoms with Gasteiger partial charge in [-0.2, -0.15) is 0 Å². The zero-order valence-electron chi connectivity index (χ0n) is 12.1. The van der Waals surface area contributed by atoms with Crippen LogP contribution < -0.4 is 5.73 Å². The molecule has 8 unspecified atom stereocenters. The smallest absolute Gasteiger partial charge is 0.111 e. The molecule has 0 aromatic heterocycles. The highest BCUT2D eigenvalue weighted by atomic mass is 16.5. The van der Waals surface area contributed by atoms with E-state index in [-0.39, 0.29) is 12.8 Å². The number of aliphatic hydroxyl groups excluding tert-OH is 6. The third kappa shape index (κ3) is 4.57. The van der Waals surface area contributed by atoms with Crippen LogP contribution in [0.1, 0.15) is 26.2 Å². The first-order chi connectivity index (χ1) is 9.83. The minimum atomic E-state index is -1.41. The van der Waals surface area contributed by atoms with E-state index in [1.165, 1.54) is 0 Å². The van der Waals surface area contributed by atoms with Crippen LogP contribution in [0.4, 0.5) is 0 Å². The molecule has 1 aliphatic rings. The van der Waals surface area contributed by atoms with Crippen LogP contribution in [0, 0.1) is 0 Å². The fourth-order valence-electron chi connectivity index (χ4n) is 2.47. The van der Waals surface area contributed by atoms with Crippen LogP contribution in [-0.4, -0.2) is 86.0 Å². The van der Waals surface area contributed by atoms with E-state index in [4.69, 9.17) is 15.6 Å². The van der Waals surface area contributed by atoms with Crippen molar-refractivity contribution >= 4 is 0 Å². The van der Waals surface area contributed by atoms with Gasteiger partial charge in [0.1, 0.15) is 24.4 Å². The maximum Gasteiger partial charge on any atom is 0.111 e. The molecular formula is C13H27NO7. The predicted octanol–water partition coefficient (Wildman–Crippen LogP) is -2.93. The number of nitrogens with two attached hydrogens (primary N) is 1. The van der Waals surface area contributed by atoms with Crippen molar-refractivity contribution in [1.29, 1.82) is 0 Å². The minimum Gasteiger partial charge on any atom is -0.394 e. The quantitative estimate of drug-likeness (QED) is 0.263. The Hall–Kier alpha value is -0.320. The first kappa shape index (κ1) is 18.7. The van der Waals surface area contributed by atoms with Gasteiger partial charge in [-0.05, 0) is 19.3 Å². The van der Waals surface area contributed by atoms with Gasteiger partial charge in [0.15, 0.2) is 0 Å². The fraction of sp³-hybridized carbons (Fsp3) is 1.00. The Labute approximate surface area is 123 Å². The number of aliphatic hydroxyl groups is 6. The predicted molar refractivity (Wildman–Crippen MR) is 73.3 cm³/mol. The summed E-state index contributed by atoms with van der Waals surface area (Å²) in [4.78, 5) is 0. The van der Waals surface area contributed by atoms with E-state index in [0.717, 1.165) is 0 Å². The minimum absolute atomic E-state index is 0.218. The van der Waals surface area contributed by atoms with Crippen LogP contribution in [0.3, 0.4) is 0 Å². The summed E-state index contributed by atoms with van der Waals surface area (Å²) in [5, 5.41) is 57.5. The van der Waals surface area contributed by atoms with Crippen molar-refractivity contribution in [3.8, 4) is 0 Å². The molecule has 1 heterocycles. The maximum absolute atomic E-state index is 9.86. The normalized spacial score (nSPS) is 38.0. The molecule has 0 aromatic rings. The third-order valence-electron chi connectivity index (χ3n) is 4.03. The molecule has 8 nitrogen and oxygen atoms in total. The summed E-state index contributed by atoms with van der Waals surface area (Å²) >= 11 is 0. The second kappa shape index (κ2) is 8.35. The summed E-state index contributed by atoms with van der Waals surface area (Å²) in [6.45, 7) is 1.24. The lowest BCUT2D eigenvalue weighted by atomic mass is 9.90. The summed E-state index contributed by atoms with van der Waals surface area (Å²) in [5.41, 5.74) is 5.78. The lowest BCUT2D eigenvalue weighted by Gasteiger charge is -2.40. The van der Waals surface area contributed by atoms with Crippen molar-refractivity contribution in [2.24, 2.45) is 5.73 Å². The molecule has 126 valence electrons. The third-order valence-corrected chi connectivity index (χ3v) is 4.03. The average Bonchev–Trinajstić information content (AvgIpc) is 2.50. The lowest BCUT2D eigenvalue weighted by Crippen LogP contribution is -2.58. The van der Waals surface area contributed by atoms with E-state index in [1.807, 2.05) is 0 Å². The molecule has 0 spiro atoms. The molecule has 1 fully saturated rings. The summed E-state index contributed by atoms with van der Waals surface area (Å²) in [6.07, 6.45) is -7.02. The summed E-state index contributed by atoms with van der Waals surface area (Å²) in [5.74, 6) is 0. The largest absolute Gasteiger partial charge is 0.394 e. The number of rotatable bonds is 7. The molecule has 0 radical (unpaired) electrons. The number of hydrogen-bond donors (Lipinski definition) is 7. The van der Waals surface area contributed by atoms with E-state index in [1.54, 1.807) is 6.92 Å². The van der Waals surface area contributed by atoms with Gasteiger partial charge in [0.2, 0.25) is 0 Å². The molecule has 21 heavy (non-hydrogen) atoms. The molecule has 0 aromatic carbocycles. The number of hydrogen-bond acceptors (Lipinski definition) is 8. The van der Waals surface area contributed by atoms with Gasteiger partial charge in [-0.15, -0.1) is 0 Å². The Kier molecular flexibility index (Phi) is 7.45. The van der Waals surface area contributed by atoms with Gasteiger partial charge < -0.3 is 41.1 Å². The maximum atomic E-state index is 9.86. The molecule has 8 N–H and O–H groups in total. The van der Waals surface area contributed by atoms with Gasteiger partial charge in [-0.1, -0.05) is 6.92 Å². The second-order valence-electron chi connectivity index (χ2n) is 5.57. The SMILES string of the molecule is CCC(O)C(O)C(N)CCC1OC(CO)C(O)C(O)C1O. The van der Waals surface area contributed by atoms with Crippen LogP contribution in [0.2, 0.25) is 0 Å². The molecule has 1 saturated heterocycles. The van der Waals surface area contributed by atoms with Crippen LogP contribution >= 0.6 is 0 Å². The van der Waals surface area contributed by atoms with Crippen LogP contribution in [0.25, 0.3) is 0 Å². The lowest BCUT2D eigenvalue weighted by molar-refractivity contribution is -0.230. The van der Waals surface area contributed by atoms with E-state index in [2.05, 4.69) is 0 Å². The Morgan fingerprint density at radius 3 is 2.14 bits per heavy atom. The Morgan fingerprint density at radius 2 is 1.62 bits per heavy atom. The average molecular weight is 309 g/mol. The van der Waals surface area contributed by atoms with E-state index in [0.29, 0.717) is 6.42 Å². The number of ether oxygens (including phenoxy) is 1. The van der Waals surface area contributed by atoms with E-state index in [9.17, 15) is 25.5 Å². The molecule has 0 bridgehead atoms. The Bertz CT molecular complexity index is 304. The van der Waals surface area contributed by atoms with Crippen molar-refractivity contribution in [3.05, 3.63) is 0 Å². The molecule has 8 heteroatoms. The first-order valence-corrected chi connectivity index (χ1v) is 7.25. The van der Waals surface area contributed by atoms with Gasteiger partial charge in [-0.3, -0.25) is 0 Å². The summed E-state index contributed by atoms with van der Waals surface area (Å²) in [6, 6.07) is -0.702. The van der Waals surface area contributed by atoms with Crippen molar-refractivity contribution in [2.45, 2.75) is 75.0 Å². The Balaban J connectivity index is 2.53. The van der Waals surface area contributed by atoms with Crippen molar-refractivity contribution in [1.82, 2.24) is 0 Å². The van der Waals surface area contributed by atoms with E-state index < -0.39 is 55.4 Å². The molecule has 0 saturated carbocycles. The molecule has 8 atom stereocenters. The highest BCUT2D eigenvalue weighted by Crippen LogP contribution is 2.24. The van der Waals surface area contributed by atoms with Crippen LogP contribution in [0.15, 0.2) is 0 Å². The molecular weight excluding hydrogens is 282 g/mol. The van der Waals surface area contributed by atoms with E-state index >= 15 is 0 Å². The molecule has 1 rings (SSSR count). The molecule has 0 amide bonds. The second-order valence-corrected chi connectivity index (χ2v) is 5.57. The standard InChI is InChI=1S/C13H27NO7/c1-2-7(16)10(17)6(14)3-4-8-11(18)13(20)12(19)9(5-15)21-8/h6-13,15-20H,2-5,14H2,1H3. The monoisotopic (exact) mass is 309 g/mol. The molecule has 0 aliphatic carbocycles. The summed E-state index contributed by atoms with van der Waals surface area (Å²) < 4.78 is 5.34. The van der Waals surface area contributed by atoms with Crippen LogP contribution in [-0.2, 0) is 4.74 Å². The highest BCUT2D eigenvalue weighted by Gasteiger charge is 2.43. The fourth-order valence-corrected chi connectivity index (χ4v) is 2.47. The van der Waals surface area contributed by atoms with Crippen molar-refractivity contribution < 1.29 is 35.4 Å². The zero-order chi connectivity index (χ0) is 16.2. The molecule has 1 aliphatic heterocycles. The summed E-state index contributed by atoms with van der Waals surface area (Å²) in [7, 11) is 0. The topological polar surface area (TPSA) is 157 Å².